The van der Waals surface area contributed by atoms with E-state index in [2.05, 4.69) is 0 Å². The number of benzene rings is 3. The number of hydrogen-bond donors (Lipinski definition) is 0. The van der Waals surface area contributed by atoms with Crippen molar-refractivity contribution in [2.24, 2.45) is 0 Å². The molecular formula is C32H39FO9S2. The maximum Gasteiger partial charge on any atom is 0.514 e. The summed E-state index contributed by atoms with van der Waals surface area (Å²) in [6.07, 6.45) is -1.96. The summed E-state index contributed by atoms with van der Waals surface area (Å²) in [4.78, 5) is 25.9. The summed E-state index contributed by atoms with van der Waals surface area (Å²) in [5, 5.41) is 0. The van der Waals surface area contributed by atoms with Gasteiger partial charge in [0.25, 0.3) is 0 Å². The Morgan fingerprint density at radius 3 is 1.55 bits per heavy atom. The van der Waals surface area contributed by atoms with Gasteiger partial charge in [-0.05, 0) is 107 Å². The van der Waals surface area contributed by atoms with Crippen LogP contribution in [0.5, 0.6) is 11.5 Å². The highest BCUT2D eigenvalue weighted by molar-refractivity contribution is 8.33. The molecule has 0 bridgehead atoms. The number of rotatable bonds is 10. The number of ether oxygens (including phenoxy) is 4. The topological polar surface area (TPSA) is 114 Å². The van der Waals surface area contributed by atoms with Crippen LogP contribution in [0.1, 0.15) is 61.3 Å². The van der Waals surface area contributed by atoms with E-state index in [0.29, 0.717) is 4.90 Å². The summed E-state index contributed by atoms with van der Waals surface area (Å²) >= 11 is 0. The molecule has 240 valence electrons. The zero-order valence-electron chi connectivity index (χ0n) is 25.9. The number of carbonyl (C=O) groups excluding carboxylic acids is 2. The molecule has 3 aromatic carbocycles. The molecule has 0 saturated carbocycles. The van der Waals surface area contributed by atoms with Gasteiger partial charge in [-0.1, -0.05) is 43.7 Å². The molecule has 0 fully saturated rings. The van der Waals surface area contributed by atoms with Gasteiger partial charge in [0.05, 0.1) is 0 Å². The van der Waals surface area contributed by atoms with E-state index in [-0.39, 0.29) is 34.1 Å². The minimum Gasteiger partial charge on any atom is -0.428 e. The Balaban J connectivity index is 2.27. The van der Waals surface area contributed by atoms with Crippen molar-refractivity contribution in [3.63, 3.8) is 0 Å². The highest BCUT2D eigenvalue weighted by Gasteiger charge is 2.41. The van der Waals surface area contributed by atoms with E-state index in [9.17, 15) is 18.0 Å². The van der Waals surface area contributed by atoms with Crippen LogP contribution in [-0.2, 0) is 23.2 Å². The molecule has 44 heavy (non-hydrogen) atoms. The first kappa shape index (κ1) is 34.9. The highest BCUT2D eigenvalue weighted by atomic mass is 32.3. The monoisotopic (exact) mass is 650 g/mol. The molecule has 3 aromatic rings. The van der Waals surface area contributed by atoms with E-state index in [0.717, 1.165) is 0 Å². The third-order valence-electron chi connectivity index (χ3n) is 5.56. The third-order valence-corrected chi connectivity index (χ3v) is 10.8. The van der Waals surface area contributed by atoms with Gasteiger partial charge in [0.15, 0.2) is 0 Å². The van der Waals surface area contributed by atoms with Gasteiger partial charge in [-0.2, -0.15) is 8.42 Å². The average Bonchev–Trinajstić information content (AvgIpc) is 2.90. The highest BCUT2D eigenvalue weighted by Crippen LogP contribution is 2.70. The average molecular weight is 651 g/mol. The quantitative estimate of drug-likeness (QED) is 0.157. The van der Waals surface area contributed by atoms with E-state index in [1.807, 2.05) is 0 Å². The van der Waals surface area contributed by atoms with Gasteiger partial charge >= 0.3 is 22.4 Å². The van der Waals surface area contributed by atoms with Crippen LogP contribution in [0.4, 0.5) is 14.0 Å². The molecule has 0 aliphatic heterocycles. The zero-order chi connectivity index (χ0) is 32.8. The van der Waals surface area contributed by atoms with Crippen molar-refractivity contribution in [2.45, 2.75) is 92.7 Å². The van der Waals surface area contributed by atoms with Crippen LogP contribution in [0.15, 0.2) is 93.5 Å². The number of hydrogen-bond acceptors (Lipinski definition) is 9. The first-order chi connectivity index (χ1) is 20.4. The van der Waals surface area contributed by atoms with E-state index < -0.39 is 49.4 Å². The maximum absolute atomic E-state index is 15.2. The number of halogens is 1. The second-order valence-electron chi connectivity index (χ2n) is 11.7. The summed E-state index contributed by atoms with van der Waals surface area (Å²) in [5.41, 5.74) is -3.96. The van der Waals surface area contributed by atoms with Crippen molar-refractivity contribution in [3.05, 3.63) is 78.9 Å². The molecule has 0 aliphatic carbocycles. The van der Waals surface area contributed by atoms with E-state index in [4.69, 9.17) is 22.6 Å². The minimum absolute atomic E-state index is 0.0390. The van der Waals surface area contributed by atoms with Gasteiger partial charge in [-0.15, -0.1) is 0 Å². The molecule has 0 radical (unpaired) electrons. The van der Waals surface area contributed by atoms with Gasteiger partial charge in [-0.3, -0.25) is 0 Å². The fourth-order valence-corrected chi connectivity index (χ4v) is 9.27. The Morgan fingerprint density at radius 1 is 0.705 bits per heavy atom. The molecular weight excluding hydrogens is 611 g/mol. The van der Waals surface area contributed by atoms with Gasteiger partial charge in [0, 0.05) is 14.7 Å². The van der Waals surface area contributed by atoms with Crippen molar-refractivity contribution in [3.8, 4) is 11.5 Å². The Hall–Kier alpha value is -3.61. The predicted octanol–water partition coefficient (Wildman–Crippen LogP) is 8.95. The molecule has 0 spiro atoms. The van der Waals surface area contributed by atoms with Crippen molar-refractivity contribution >= 4 is 32.7 Å². The third kappa shape index (κ3) is 9.44. The summed E-state index contributed by atoms with van der Waals surface area (Å²) in [6.45, 7) is 11.8. The molecule has 0 amide bonds. The molecule has 1 unspecified atom stereocenters. The minimum atomic E-state index is -4.84. The van der Waals surface area contributed by atoms with Crippen LogP contribution in [0.3, 0.4) is 0 Å². The molecule has 9 nitrogen and oxygen atoms in total. The molecule has 0 aliphatic rings. The van der Waals surface area contributed by atoms with Crippen LogP contribution >= 0.6 is 10.3 Å². The molecule has 12 heteroatoms. The fourth-order valence-electron chi connectivity index (χ4n) is 3.86. The van der Waals surface area contributed by atoms with Crippen molar-refractivity contribution in [1.29, 1.82) is 0 Å². The molecule has 0 N–H and O–H groups in total. The normalized spacial score (nSPS) is 13.5. The Bertz CT molecular complexity index is 1470. The van der Waals surface area contributed by atoms with Crippen LogP contribution in [0.2, 0.25) is 0 Å². The Morgan fingerprint density at radius 2 is 1.14 bits per heavy atom. The lowest BCUT2D eigenvalue weighted by Crippen LogP contribution is -2.26. The van der Waals surface area contributed by atoms with Crippen molar-refractivity contribution in [1.82, 2.24) is 0 Å². The van der Waals surface area contributed by atoms with Crippen molar-refractivity contribution in [2.75, 3.05) is 0 Å². The first-order valence-corrected chi connectivity index (χ1v) is 17.0. The van der Waals surface area contributed by atoms with Crippen LogP contribution in [-0.4, -0.2) is 37.4 Å². The van der Waals surface area contributed by atoms with Gasteiger partial charge in [0.1, 0.15) is 22.7 Å². The summed E-state index contributed by atoms with van der Waals surface area (Å²) < 4.78 is 69.6. The van der Waals surface area contributed by atoms with Gasteiger partial charge < -0.3 is 18.9 Å². The van der Waals surface area contributed by atoms with Crippen molar-refractivity contribution < 1.29 is 45.0 Å². The largest absolute Gasteiger partial charge is 0.514 e. The molecule has 3 rings (SSSR count). The summed E-state index contributed by atoms with van der Waals surface area (Å²) in [7, 11) is -8.17. The molecule has 1 atom stereocenters. The fraction of sp³-hybridized carbons (Fsp3) is 0.375. The molecule has 0 aromatic heterocycles. The zero-order valence-corrected chi connectivity index (χ0v) is 27.5. The predicted molar refractivity (Wildman–Crippen MR) is 165 cm³/mol. The second kappa shape index (κ2) is 14.0. The van der Waals surface area contributed by atoms with E-state index >= 15 is 4.39 Å². The van der Waals surface area contributed by atoms with E-state index in [1.54, 1.807) is 103 Å². The summed E-state index contributed by atoms with van der Waals surface area (Å²) in [6, 6.07) is 20.6. The lowest BCUT2D eigenvalue weighted by Gasteiger charge is -2.39. The standard InChI is InChI=1S/C32H39FO9S2/c1-8-14-28(33)44(36,37)42-43(25-17-10-9-11-18-25,26-19-12-15-23(21-26)38-29(34)40-31(2,3)4)27-20-13-16-24(22-27)39-30(35)41-32(5,6)7/h9-13,15-22,28H,8,14H2,1-7H3. The van der Waals surface area contributed by atoms with Crippen LogP contribution < -0.4 is 9.47 Å². The SMILES string of the molecule is CCCC(F)S(=O)(=O)OS(c1ccccc1)(c1cccc(OC(=O)OC(C)(C)C)c1)c1cccc(OC(=O)OC(C)(C)C)c1. The smallest absolute Gasteiger partial charge is 0.428 e. The second-order valence-corrected chi connectivity index (χ2v) is 16.3. The first-order valence-electron chi connectivity index (χ1n) is 13.9. The van der Waals surface area contributed by atoms with Gasteiger partial charge in [0.2, 0.25) is 5.50 Å². The summed E-state index contributed by atoms with van der Waals surface area (Å²) in [5.74, 6) is 0.0779. The Kier molecular flexibility index (Phi) is 11.1. The maximum atomic E-state index is 15.2. The lowest BCUT2D eigenvalue weighted by molar-refractivity contribution is 0.0192. The molecule has 0 heterocycles. The number of carbonyl (C=O) groups is 2. The van der Waals surface area contributed by atoms with Crippen LogP contribution in [0, 0.1) is 0 Å². The molecule has 0 saturated heterocycles. The van der Waals surface area contributed by atoms with Gasteiger partial charge in [-0.25, -0.2) is 17.6 Å². The Labute approximate surface area is 260 Å². The van der Waals surface area contributed by atoms with E-state index in [1.165, 1.54) is 24.3 Å². The lowest BCUT2D eigenvalue weighted by atomic mass is 10.2. The number of alkyl halides is 1. The van der Waals surface area contributed by atoms with Crippen LogP contribution in [0.25, 0.3) is 0 Å².